The van der Waals surface area contributed by atoms with Gasteiger partial charge in [0.1, 0.15) is 11.6 Å². The minimum atomic E-state index is -0.331. The Balaban J connectivity index is 2.34. The number of halogens is 2. The van der Waals surface area contributed by atoms with Gasteiger partial charge in [-0.15, -0.1) is 0 Å². The molecular weight excluding hydrogens is 299 g/mol. The average Bonchev–Trinajstić information content (AvgIpc) is 2.33. The summed E-state index contributed by atoms with van der Waals surface area (Å²) in [5, 5.41) is 0. The highest BCUT2D eigenvalue weighted by atomic mass is 79.9. The van der Waals surface area contributed by atoms with Crippen molar-refractivity contribution < 1.29 is 9.13 Å². The Morgan fingerprint density at radius 3 is 2.83 bits per heavy atom. The van der Waals surface area contributed by atoms with E-state index in [0.717, 1.165) is 5.56 Å². The standard InChI is InChI=1S/C13H12BrFN2O/c1-8(16)10-3-2-6-17-13(10)18-12-5-4-9(15)7-11(12)14/h2-8H,16H2,1H3. The van der Waals surface area contributed by atoms with Crippen molar-refractivity contribution in [2.75, 3.05) is 0 Å². The van der Waals surface area contributed by atoms with Crippen LogP contribution in [0, 0.1) is 5.82 Å². The molecule has 18 heavy (non-hydrogen) atoms. The molecule has 1 unspecified atom stereocenters. The Morgan fingerprint density at radius 2 is 2.17 bits per heavy atom. The topological polar surface area (TPSA) is 48.1 Å². The van der Waals surface area contributed by atoms with Crippen molar-refractivity contribution >= 4 is 15.9 Å². The molecule has 0 bridgehead atoms. The summed E-state index contributed by atoms with van der Waals surface area (Å²) in [6, 6.07) is 7.67. The molecule has 0 saturated heterocycles. The molecule has 1 atom stereocenters. The van der Waals surface area contributed by atoms with Crippen LogP contribution in [-0.2, 0) is 0 Å². The number of rotatable bonds is 3. The normalized spacial score (nSPS) is 12.2. The number of ether oxygens (including phenoxy) is 1. The van der Waals surface area contributed by atoms with E-state index in [1.165, 1.54) is 12.1 Å². The molecule has 0 amide bonds. The van der Waals surface area contributed by atoms with Gasteiger partial charge in [-0.2, -0.15) is 0 Å². The summed E-state index contributed by atoms with van der Waals surface area (Å²) < 4.78 is 19.2. The molecule has 2 aromatic rings. The van der Waals surface area contributed by atoms with Gasteiger partial charge in [-0.3, -0.25) is 0 Å². The highest BCUT2D eigenvalue weighted by Gasteiger charge is 2.11. The summed E-state index contributed by atoms with van der Waals surface area (Å²) in [6.07, 6.45) is 1.62. The van der Waals surface area contributed by atoms with Crippen LogP contribution in [0.15, 0.2) is 41.0 Å². The van der Waals surface area contributed by atoms with Gasteiger partial charge in [0, 0.05) is 17.8 Å². The molecular formula is C13H12BrFN2O. The highest BCUT2D eigenvalue weighted by molar-refractivity contribution is 9.10. The molecule has 0 fully saturated rings. The largest absolute Gasteiger partial charge is 0.437 e. The van der Waals surface area contributed by atoms with Gasteiger partial charge in [0.25, 0.3) is 0 Å². The lowest BCUT2D eigenvalue weighted by atomic mass is 10.1. The first-order valence-corrected chi connectivity index (χ1v) is 6.20. The van der Waals surface area contributed by atoms with Gasteiger partial charge >= 0.3 is 0 Å². The molecule has 5 heteroatoms. The molecule has 3 nitrogen and oxygen atoms in total. The molecule has 0 spiro atoms. The zero-order chi connectivity index (χ0) is 13.1. The van der Waals surface area contributed by atoms with Crippen LogP contribution < -0.4 is 10.5 Å². The minimum absolute atomic E-state index is 0.187. The third kappa shape index (κ3) is 2.86. The summed E-state index contributed by atoms with van der Waals surface area (Å²) >= 11 is 3.24. The Kier molecular flexibility index (Phi) is 3.93. The summed E-state index contributed by atoms with van der Waals surface area (Å²) in [7, 11) is 0. The predicted molar refractivity (Wildman–Crippen MR) is 71.0 cm³/mol. The molecule has 1 aromatic heterocycles. The molecule has 0 aliphatic rings. The third-order valence-corrected chi connectivity index (χ3v) is 3.01. The van der Waals surface area contributed by atoms with E-state index in [1.807, 2.05) is 13.0 Å². The summed E-state index contributed by atoms with van der Waals surface area (Å²) in [5.41, 5.74) is 6.64. The molecule has 94 valence electrons. The highest BCUT2D eigenvalue weighted by Crippen LogP contribution is 2.32. The van der Waals surface area contributed by atoms with E-state index in [1.54, 1.807) is 18.3 Å². The maximum atomic E-state index is 13.0. The maximum Gasteiger partial charge on any atom is 0.224 e. The lowest BCUT2D eigenvalue weighted by molar-refractivity contribution is 0.448. The average molecular weight is 311 g/mol. The van der Waals surface area contributed by atoms with Crippen LogP contribution in [0.2, 0.25) is 0 Å². The van der Waals surface area contributed by atoms with E-state index in [2.05, 4.69) is 20.9 Å². The van der Waals surface area contributed by atoms with Gasteiger partial charge in [0.05, 0.1) is 4.47 Å². The van der Waals surface area contributed by atoms with E-state index in [0.29, 0.717) is 16.1 Å². The van der Waals surface area contributed by atoms with Gasteiger partial charge in [-0.05, 0) is 47.1 Å². The quantitative estimate of drug-likeness (QED) is 0.938. The van der Waals surface area contributed by atoms with Gasteiger partial charge < -0.3 is 10.5 Å². The van der Waals surface area contributed by atoms with E-state index >= 15 is 0 Å². The Labute approximate surface area is 113 Å². The second kappa shape index (κ2) is 5.46. The lowest BCUT2D eigenvalue weighted by Crippen LogP contribution is -2.07. The van der Waals surface area contributed by atoms with Crippen molar-refractivity contribution in [2.24, 2.45) is 5.73 Å². The molecule has 1 aromatic carbocycles. The van der Waals surface area contributed by atoms with Crippen LogP contribution >= 0.6 is 15.9 Å². The van der Waals surface area contributed by atoms with Crippen LogP contribution in [0.3, 0.4) is 0 Å². The number of benzene rings is 1. The van der Waals surface area contributed by atoms with Crippen molar-refractivity contribution in [3.05, 3.63) is 52.4 Å². The van der Waals surface area contributed by atoms with E-state index in [9.17, 15) is 4.39 Å². The van der Waals surface area contributed by atoms with Crippen molar-refractivity contribution in [3.8, 4) is 11.6 Å². The zero-order valence-electron chi connectivity index (χ0n) is 9.73. The number of aromatic nitrogens is 1. The van der Waals surface area contributed by atoms with Crippen LogP contribution in [-0.4, -0.2) is 4.98 Å². The number of pyridine rings is 1. The molecule has 1 heterocycles. The fraction of sp³-hybridized carbons (Fsp3) is 0.154. The Hall–Kier alpha value is -1.46. The molecule has 0 aliphatic heterocycles. The summed E-state index contributed by atoms with van der Waals surface area (Å²) in [6.45, 7) is 1.85. The summed E-state index contributed by atoms with van der Waals surface area (Å²) in [5.74, 6) is 0.597. The maximum absolute atomic E-state index is 13.0. The second-order valence-corrected chi connectivity index (χ2v) is 4.72. The molecule has 2 rings (SSSR count). The minimum Gasteiger partial charge on any atom is -0.437 e. The van der Waals surface area contributed by atoms with Crippen molar-refractivity contribution in [2.45, 2.75) is 13.0 Å². The zero-order valence-corrected chi connectivity index (χ0v) is 11.3. The fourth-order valence-electron chi connectivity index (χ4n) is 1.50. The smallest absolute Gasteiger partial charge is 0.224 e. The number of hydrogen-bond donors (Lipinski definition) is 1. The van der Waals surface area contributed by atoms with Crippen LogP contribution in [0.4, 0.5) is 4.39 Å². The lowest BCUT2D eigenvalue weighted by Gasteiger charge is -2.13. The molecule has 2 N–H and O–H groups in total. The van der Waals surface area contributed by atoms with E-state index in [-0.39, 0.29) is 11.9 Å². The van der Waals surface area contributed by atoms with Crippen molar-refractivity contribution in [1.29, 1.82) is 0 Å². The van der Waals surface area contributed by atoms with Crippen LogP contribution in [0.25, 0.3) is 0 Å². The van der Waals surface area contributed by atoms with Crippen LogP contribution in [0.5, 0.6) is 11.6 Å². The van der Waals surface area contributed by atoms with Gasteiger partial charge in [0.2, 0.25) is 5.88 Å². The Bertz CT molecular complexity index is 560. The van der Waals surface area contributed by atoms with Crippen LogP contribution in [0.1, 0.15) is 18.5 Å². The van der Waals surface area contributed by atoms with Gasteiger partial charge in [0.15, 0.2) is 0 Å². The fourth-order valence-corrected chi connectivity index (χ4v) is 1.93. The van der Waals surface area contributed by atoms with Crippen molar-refractivity contribution in [3.63, 3.8) is 0 Å². The first-order valence-electron chi connectivity index (χ1n) is 5.41. The van der Waals surface area contributed by atoms with Gasteiger partial charge in [-0.25, -0.2) is 9.37 Å². The van der Waals surface area contributed by atoms with E-state index < -0.39 is 0 Å². The first kappa shape index (κ1) is 13.0. The molecule has 0 saturated carbocycles. The number of hydrogen-bond acceptors (Lipinski definition) is 3. The third-order valence-electron chi connectivity index (χ3n) is 2.39. The second-order valence-electron chi connectivity index (χ2n) is 3.86. The Morgan fingerprint density at radius 1 is 1.39 bits per heavy atom. The van der Waals surface area contributed by atoms with Gasteiger partial charge in [-0.1, -0.05) is 6.07 Å². The molecule has 0 radical (unpaired) electrons. The first-order chi connectivity index (χ1) is 8.58. The molecule has 0 aliphatic carbocycles. The number of nitrogens with zero attached hydrogens (tertiary/aromatic N) is 1. The predicted octanol–water partition coefficient (Wildman–Crippen LogP) is 3.80. The number of nitrogens with two attached hydrogens (primary N) is 1. The van der Waals surface area contributed by atoms with Crippen molar-refractivity contribution in [1.82, 2.24) is 4.98 Å². The SMILES string of the molecule is CC(N)c1cccnc1Oc1ccc(F)cc1Br. The monoisotopic (exact) mass is 310 g/mol. The summed E-state index contributed by atoms with van der Waals surface area (Å²) in [4.78, 5) is 4.14. The van der Waals surface area contributed by atoms with E-state index in [4.69, 9.17) is 10.5 Å².